The van der Waals surface area contributed by atoms with Crippen LogP contribution < -0.4 is 0 Å². The fraction of sp³-hybridized carbons (Fsp3) is 0.200. The second kappa shape index (κ2) is 3.16. The van der Waals surface area contributed by atoms with Crippen LogP contribution in [0.4, 0.5) is 0 Å². The van der Waals surface area contributed by atoms with Gasteiger partial charge in [0.05, 0.1) is 6.20 Å². The van der Waals surface area contributed by atoms with Crippen molar-refractivity contribution in [1.82, 2.24) is 19.8 Å². The normalized spacial score (nSPS) is 10.4. The molecule has 0 aromatic carbocycles. The molecule has 0 radical (unpaired) electrons. The molecule has 0 aliphatic heterocycles. The van der Waals surface area contributed by atoms with E-state index in [9.17, 15) is 0 Å². The van der Waals surface area contributed by atoms with Crippen LogP contribution >= 0.6 is 23.1 Å². The summed E-state index contributed by atoms with van der Waals surface area (Å²) in [6.45, 7) is 0. The van der Waals surface area contributed by atoms with Gasteiger partial charge < -0.3 is 4.42 Å². The van der Waals surface area contributed by atoms with E-state index in [2.05, 4.69) is 19.8 Å². The molecule has 2 heterocycles. The lowest BCUT2D eigenvalue weighted by atomic mass is 10.6. The molecule has 7 heteroatoms. The molecule has 2 aromatic heterocycles. The highest BCUT2D eigenvalue weighted by molar-refractivity contribution is 7.09. The summed E-state index contributed by atoms with van der Waals surface area (Å²) in [6.07, 6.45) is 1.57. The van der Waals surface area contributed by atoms with Gasteiger partial charge in [0.2, 0.25) is 5.89 Å². The number of rotatable bonds is 2. The topological polar surface area (TPSA) is 64.7 Å². The van der Waals surface area contributed by atoms with E-state index in [1.165, 1.54) is 11.5 Å². The van der Waals surface area contributed by atoms with E-state index in [-0.39, 0.29) is 5.88 Å². The zero-order valence-corrected chi connectivity index (χ0v) is 7.34. The molecule has 0 saturated carbocycles. The van der Waals surface area contributed by atoms with Crippen molar-refractivity contribution in [2.75, 3.05) is 0 Å². The molecule has 0 aliphatic carbocycles. The highest BCUT2D eigenvalue weighted by Gasteiger charge is 2.09. The SMILES string of the molecule is ClCc1nnc(-c2cnns2)o1. The smallest absolute Gasteiger partial charge is 0.261 e. The van der Waals surface area contributed by atoms with Crippen molar-refractivity contribution >= 4 is 23.1 Å². The molecule has 0 saturated heterocycles. The summed E-state index contributed by atoms with van der Waals surface area (Å²) in [5, 5.41) is 11.1. The lowest BCUT2D eigenvalue weighted by molar-refractivity contribution is 0.528. The van der Waals surface area contributed by atoms with Crippen LogP contribution in [0.15, 0.2) is 10.6 Å². The molecule has 12 heavy (non-hydrogen) atoms. The van der Waals surface area contributed by atoms with Crippen LogP contribution in [0.2, 0.25) is 0 Å². The Morgan fingerprint density at radius 2 is 2.42 bits per heavy atom. The number of hydrogen-bond donors (Lipinski definition) is 0. The average Bonchev–Trinajstić information content (AvgIpc) is 2.75. The summed E-state index contributed by atoms with van der Waals surface area (Å²) in [5.74, 6) is 1.04. The second-order valence-electron chi connectivity index (χ2n) is 1.92. The van der Waals surface area contributed by atoms with Gasteiger partial charge in [0, 0.05) is 0 Å². The van der Waals surface area contributed by atoms with E-state index in [1.54, 1.807) is 6.20 Å². The highest BCUT2D eigenvalue weighted by atomic mass is 35.5. The summed E-state index contributed by atoms with van der Waals surface area (Å²) >= 11 is 6.68. The van der Waals surface area contributed by atoms with Crippen LogP contribution in [0, 0.1) is 0 Å². The highest BCUT2D eigenvalue weighted by Crippen LogP contribution is 2.19. The largest absolute Gasteiger partial charge is 0.418 e. The minimum Gasteiger partial charge on any atom is -0.418 e. The van der Waals surface area contributed by atoms with Gasteiger partial charge in [-0.2, -0.15) is 0 Å². The molecule has 0 amide bonds. The molecule has 0 unspecified atom stereocenters. The van der Waals surface area contributed by atoms with Gasteiger partial charge in [-0.05, 0) is 11.5 Å². The van der Waals surface area contributed by atoms with Crippen LogP contribution in [0.5, 0.6) is 0 Å². The molecule has 62 valence electrons. The van der Waals surface area contributed by atoms with Crippen LogP contribution in [0.25, 0.3) is 10.8 Å². The maximum atomic E-state index is 5.48. The van der Waals surface area contributed by atoms with Crippen LogP contribution in [-0.4, -0.2) is 19.8 Å². The van der Waals surface area contributed by atoms with Gasteiger partial charge in [0.15, 0.2) is 0 Å². The predicted octanol–water partition coefficient (Wildman–Crippen LogP) is 1.33. The Bertz CT molecular complexity index is 359. The third-order valence-electron chi connectivity index (χ3n) is 1.15. The van der Waals surface area contributed by atoms with Gasteiger partial charge in [0.25, 0.3) is 5.89 Å². The third-order valence-corrected chi connectivity index (χ3v) is 2.03. The molecule has 0 atom stereocenters. The van der Waals surface area contributed by atoms with E-state index in [1.807, 2.05) is 0 Å². The number of halogens is 1. The van der Waals surface area contributed by atoms with E-state index in [0.717, 1.165) is 4.88 Å². The monoisotopic (exact) mass is 202 g/mol. The maximum Gasteiger partial charge on any atom is 0.261 e. The van der Waals surface area contributed by atoms with Crippen molar-refractivity contribution in [3.63, 3.8) is 0 Å². The van der Waals surface area contributed by atoms with Gasteiger partial charge >= 0.3 is 0 Å². The number of alkyl halides is 1. The Morgan fingerprint density at radius 3 is 3.00 bits per heavy atom. The van der Waals surface area contributed by atoms with E-state index in [4.69, 9.17) is 16.0 Å². The van der Waals surface area contributed by atoms with Crippen LogP contribution in [0.1, 0.15) is 5.89 Å². The zero-order chi connectivity index (χ0) is 8.39. The van der Waals surface area contributed by atoms with Crippen LogP contribution in [0.3, 0.4) is 0 Å². The van der Waals surface area contributed by atoms with Gasteiger partial charge in [-0.15, -0.1) is 26.9 Å². The number of hydrogen-bond acceptors (Lipinski definition) is 6. The first-order valence-electron chi connectivity index (χ1n) is 3.06. The van der Waals surface area contributed by atoms with E-state index in [0.29, 0.717) is 11.8 Å². The molecule has 0 N–H and O–H groups in total. The Balaban J connectivity index is 2.35. The average molecular weight is 203 g/mol. The summed E-state index contributed by atoms with van der Waals surface area (Å²) in [4.78, 5) is 0.749. The Kier molecular flexibility index (Phi) is 2.01. The zero-order valence-electron chi connectivity index (χ0n) is 5.77. The van der Waals surface area contributed by atoms with Crippen molar-refractivity contribution in [3.8, 4) is 10.8 Å². The first-order valence-corrected chi connectivity index (χ1v) is 4.37. The summed E-state index contributed by atoms with van der Waals surface area (Å²) in [7, 11) is 0. The second-order valence-corrected chi connectivity index (χ2v) is 2.97. The standard InChI is InChI=1S/C5H3ClN4OS/c6-1-4-8-9-5(11-4)3-2-7-10-12-3/h2H,1H2. The van der Waals surface area contributed by atoms with Crippen molar-refractivity contribution < 1.29 is 4.42 Å². The Labute approximate surface area is 76.5 Å². The van der Waals surface area contributed by atoms with Crippen molar-refractivity contribution in [2.24, 2.45) is 0 Å². The van der Waals surface area contributed by atoms with E-state index >= 15 is 0 Å². The molecule has 0 bridgehead atoms. The fourth-order valence-corrected chi connectivity index (χ4v) is 1.21. The fourth-order valence-electron chi connectivity index (χ4n) is 0.669. The number of aromatic nitrogens is 4. The molecule has 0 spiro atoms. The van der Waals surface area contributed by atoms with Gasteiger partial charge in [-0.1, -0.05) is 4.49 Å². The summed E-state index contributed by atoms with van der Waals surface area (Å²) in [5.41, 5.74) is 0. The molecule has 0 fully saturated rings. The van der Waals surface area contributed by atoms with E-state index < -0.39 is 0 Å². The molecular weight excluding hydrogens is 200 g/mol. The lowest BCUT2D eigenvalue weighted by Gasteiger charge is -1.81. The van der Waals surface area contributed by atoms with Gasteiger partial charge in [-0.25, -0.2) is 0 Å². The van der Waals surface area contributed by atoms with Crippen molar-refractivity contribution in [2.45, 2.75) is 5.88 Å². The Hall–Kier alpha value is -1.01. The van der Waals surface area contributed by atoms with Crippen molar-refractivity contribution in [1.29, 1.82) is 0 Å². The molecule has 2 rings (SSSR count). The predicted molar refractivity (Wildman–Crippen MR) is 42.8 cm³/mol. The molecule has 5 nitrogen and oxygen atoms in total. The summed E-state index contributed by atoms with van der Waals surface area (Å²) in [6, 6.07) is 0. The summed E-state index contributed by atoms with van der Waals surface area (Å²) < 4.78 is 8.82. The van der Waals surface area contributed by atoms with Gasteiger partial charge in [-0.3, -0.25) is 0 Å². The maximum absolute atomic E-state index is 5.48. The molecule has 0 aliphatic rings. The first kappa shape index (κ1) is 7.63. The molecular formula is C5H3ClN4OS. The first-order chi connectivity index (χ1) is 5.90. The minimum absolute atomic E-state index is 0.221. The van der Waals surface area contributed by atoms with Gasteiger partial charge in [0.1, 0.15) is 10.8 Å². The Morgan fingerprint density at radius 1 is 1.50 bits per heavy atom. The van der Waals surface area contributed by atoms with Crippen molar-refractivity contribution in [3.05, 3.63) is 12.1 Å². The number of nitrogens with zero attached hydrogens (tertiary/aromatic N) is 4. The molecule has 2 aromatic rings. The minimum atomic E-state index is 0.221. The lowest BCUT2D eigenvalue weighted by Crippen LogP contribution is -1.73. The van der Waals surface area contributed by atoms with Crippen LogP contribution in [-0.2, 0) is 5.88 Å². The third kappa shape index (κ3) is 1.30. The quantitative estimate of drug-likeness (QED) is 0.688.